The van der Waals surface area contributed by atoms with Crippen LogP contribution in [0.15, 0.2) is 41.2 Å². The van der Waals surface area contributed by atoms with Gasteiger partial charge in [-0.15, -0.1) is 0 Å². The molecule has 0 spiro atoms. The first-order valence-electron chi connectivity index (χ1n) is 5.79. The van der Waals surface area contributed by atoms with E-state index in [9.17, 15) is 22.8 Å². The molecule has 1 aromatic heterocycles. The van der Waals surface area contributed by atoms with E-state index < -0.39 is 30.7 Å². The summed E-state index contributed by atoms with van der Waals surface area (Å²) in [6, 6.07) is 9.71. The zero-order valence-corrected chi connectivity index (χ0v) is 10.3. The molecule has 0 aliphatic heterocycles. The molecule has 0 aliphatic rings. The number of aromatic nitrogens is 1. The van der Waals surface area contributed by atoms with Crippen molar-refractivity contribution in [1.82, 2.24) is 9.88 Å². The van der Waals surface area contributed by atoms with Gasteiger partial charge < -0.3 is 5.32 Å². The number of para-hydroxylation sites is 1. The van der Waals surface area contributed by atoms with E-state index in [-0.39, 0.29) is 0 Å². The highest BCUT2D eigenvalue weighted by Crippen LogP contribution is 2.13. The number of pyridine rings is 1. The molecule has 1 amide bonds. The topological polar surface area (TPSA) is 51.1 Å². The van der Waals surface area contributed by atoms with E-state index in [0.717, 1.165) is 9.95 Å². The summed E-state index contributed by atoms with van der Waals surface area (Å²) < 4.78 is 37.2. The number of rotatable bonds is 3. The second-order valence-electron chi connectivity index (χ2n) is 4.21. The molecule has 2 aromatic rings. The van der Waals surface area contributed by atoms with Gasteiger partial charge >= 0.3 is 6.18 Å². The molecule has 0 saturated carbocycles. The molecule has 0 aliphatic carbocycles. The van der Waals surface area contributed by atoms with Crippen LogP contribution in [0.25, 0.3) is 10.9 Å². The minimum atomic E-state index is -4.47. The van der Waals surface area contributed by atoms with E-state index >= 15 is 0 Å². The molecule has 0 fully saturated rings. The van der Waals surface area contributed by atoms with Crippen LogP contribution in [-0.4, -0.2) is 23.2 Å². The van der Waals surface area contributed by atoms with Crippen molar-refractivity contribution in [3.63, 3.8) is 0 Å². The molecule has 1 N–H and O–H groups in total. The average Bonchev–Trinajstić information content (AvgIpc) is 2.39. The van der Waals surface area contributed by atoms with E-state index in [0.29, 0.717) is 5.52 Å². The van der Waals surface area contributed by atoms with Crippen LogP contribution in [0, 0.1) is 0 Å². The van der Waals surface area contributed by atoms with Crippen LogP contribution in [0.5, 0.6) is 0 Å². The van der Waals surface area contributed by atoms with Crippen molar-refractivity contribution in [3.8, 4) is 0 Å². The summed E-state index contributed by atoms with van der Waals surface area (Å²) >= 11 is 0. The number of carbonyl (C=O) groups is 1. The number of carbonyl (C=O) groups excluding carboxylic acids is 1. The predicted molar refractivity (Wildman–Crippen MR) is 67.3 cm³/mol. The number of fused-ring (bicyclic) bond motifs is 1. The van der Waals surface area contributed by atoms with Gasteiger partial charge in [-0.1, -0.05) is 18.2 Å². The standard InChI is InChI=1S/C13H11F3N2O2/c14-13(15,16)8-17-11(19)7-18-10-4-2-1-3-9(10)5-6-12(18)20/h1-6H,7-8H2,(H,17,19). The Hall–Kier alpha value is -2.31. The maximum Gasteiger partial charge on any atom is 0.405 e. The largest absolute Gasteiger partial charge is 0.405 e. The number of halogens is 3. The average molecular weight is 284 g/mol. The fourth-order valence-electron chi connectivity index (χ4n) is 1.81. The molecule has 20 heavy (non-hydrogen) atoms. The van der Waals surface area contributed by atoms with Crippen LogP contribution in [0.3, 0.4) is 0 Å². The van der Waals surface area contributed by atoms with Crippen molar-refractivity contribution in [2.75, 3.05) is 6.54 Å². The maximum atomic E-state index is 12.0. The fourth-order valence-corrected chi connectivity index (χ4v) is 1.81. The Labute approximate surface area is 111 Å². The highest BCUT2D eigenvalue weighted by atomic mass is 19.4. The summed E-state index contributed by atoms with van der Waals surface area (Å²) in [5, 5.41) is 2.47. The molecule has 1 heterocycles. The smallest absolute Gasteiger partial charge is 0.345 e. The van der Waals surface area contributed by atoms with E-state index in [1.54, 1.807) is 35.6 Å². The van der Waals surface area contributed by atoms with Crippen LogP contribution < -0.4 is 10.9 Å². The predicted octanol–water partition coefficient (Wildman–Crippen LogP) is 1.68. The van der Waals surface area contributed by atoms with E-state index in [4.69, 9.17) is 0 Å². The number of alkyl halides is 3. The van der Waals surface area contributed by atoms with Gasteiger partial charge in [-0.3, -0.25) is 14.2 Å². The molecule has 4 nitrogen and oxygen atoms in total. The Bertz CT molecular complexity index is 692. The quantitative estimate of drug-likeness (QED) is 0.932. The van der Waals surface area contributed by atoms with E-state index in [1.807, 2.05) is 0 Å². The molecule has 0 radical (unpaired) electrons. The minimum absolute atomic E-state index is 0.439. The Kier molecular flexibility index (Phi) is 3.78. The maximum absolute atomic E-state index is 12.0. The highest BCUT2D eigenvalue weighted by molar-refractivity contribution is 5.82. The van der Waals surface area contributed by atoms with E-state index in [1.165, 1.54) is 6.07 Å². The molecular weight excluding hydrogens is 273 g/mol. The van der Waals surface area contributed by atoms with Crippen molar-refractivity contribution in [1.29, 1.82) is 0 Å². The summed E-state index contributed by atoms with van der Waals surface area (Å²) in [4.78, 5) is 23.2. The Morgan fingerprint density at radius 2 is 1.85 bits per heavy atom. The third-order valence-electron chi connectivity index (χ3n) is 2.69. The molecule has 0 bridgehead atoms. The van der Waals surface area contributed by atoms with Crippen LogP contribution in [0.2, 0.25) is 0 Å². The minimum Gasteiger partial charge on any atom is -0.345 e. The Morgan fingerprint density at radius 1 is 1.15 bits per heavy atom. The number of amides is 1. The van der Waals surface area contributed by atoms with Gasteiger partial charge in [-0.25, -0.2) is 0 Å². The van der Waals surface area contributed by atoms with Gasteiger partial charge in [0, 0.05) is 6.07 Å². The van der Waals surface area contributed by atoms with Gasteiger partial charge in [0.1, 0.15) is 13.1 Å². The summed E-state index contributed by atoms with van der Waals surface area (Å²) in [7, 11) is 0. The summed E-state index contributed by atoms with van der Waals surface area (Å²) in [6.45, 7) is -1.86. The molecule has 0 saturated heterocycles. The zero-order chi connectivity index (χ0) is 14.8. The van der Waals surface area contributed by atoms with Gasteiger partial charge in [0.05, 0.1) is 5.52 Å². The molecule has 1 aromatic carbocycles. The summed E-state index contributed by atoms with van der Waals surface area (Å²) in [5.74, 6) is -0.860. The molecule has 0 atom stereocenters. The van der Waals surface area contributed by atoms with Crippen LogP contribution in [0.4, 0.5) is 13.2 Å². The van der Waals surface area contributed by atoms with Gasteiger partial charge in [-0.2, -0.15) is 13.2 Å². The number of nitrogens with zero attached hydrogens (tertiary/aromatic N) is 1. The Balaban J connectivity index is 2.23. The van der Waals surface area contributed by atoms with Crippen molar-refractivity contribution in [2.24, 2.45) is 0 Å². The molecule has 7 heteroatoms. The second kappa shape index (κ2) is 5.36. The second-order valence-corrected chi connectivity index (χ2v) is 4.21. The van der Waals surface area contributed by atoms with Crippen LogP contribution in [-0.2, 0) is 11.3 Å². The van der Waals surface area contributed by atoms with Crippen molar-refractivity contribution in [3.05, 3.63) is 46.8 Å². The first-order valence-corrected chi connectivity index (χ1v) is 5.79. The van der Waals surface area contributed by atoms with Crippen molar-refractivity contribution in [2.45, 2.75) is 12.7 Å². The van der Waals surface area contributed by atoms with Crippen molar-refractivity contribution >= 4 is 16.8 Å². The lowest BCUT2D eigenvalue weighted by Gasteiger charge is -2.11. The number of hydrogen-bond acceptors (Lipinski definition) is 2. The highest BCUT2D eigenvalue weighted by Gasteiger charge is 2.27. The van der Waals surface area contributed by atoms with Gasteiger partial charge in [0.2, 0.25) is 5.91 Å². The first-order chi connectivity index (χ1) is 9.37. The number of hydrogen-bond donors (Lipinski definition) is 1. The summed E-state index contributed by atoms with van der Waals surface area (Å²) in [6.07, 6.45) is -4.47. The summed E-state index contributed by atoms with van der Waals surface area (Å²) in [5.41, 5.74) is 0.0630. The lowest BCUT2D eigenvalue weighted by molar-refractivity contribution is -0.138. The molecule has 2 rings (SSSR count). The van der Waals surface area contributed by atoms with Crippen LogP contribution in [0.1, 0.15) is 0 Å². The van der Waals surface area contributed by atoms with Crippen LogP contribution >= 0.6 is 0 Å². The number of nitrogens with one attached hydrogen (secondary N) is 1. The lowest BCUT2D eigenvalue weighted by Crippen LogP contribution is -2.37. The third kappa shape index (κ3) is 3.37. The molecule has 106 valence electrons. The van der Waals surface area contributed by atoms with Gasteiger partial charge in [-0.05, 0) is 17.5 Å². The molecular formula is C13H11F3N2O2. The SMILES string of the molecule is O=C(Cn1c(=O)ccc2ccccc21)NCC(F)(F)F. The van der Waals surface area contributed by atoms with Gasteiger partial charge in [0.15, 0.2) is 0 Å². The Morgan fingerprint density at radius 3 is 2.55 bits per heavy atom. The van der Waals surface area contributed by atoms with Gasteiger partial charge in [0.25, 0.3) is 5.56 Å². The monoisotopic (exact) mass is 284 g/mol. The number of benzene rings is 1. The third-order valence-corrected chi connectivity index (χ3v) is 2.69. The fraction of sp³-hybridized carbons (Fsp3) is 0.231. The normalized spacial score (nSPS) is 11.6. The van der Waals surface area contributed by atoms with Crippen molar-refractivity contribution < 1.29 is 18.0 Å². The molecule has 0 unspecified atom stereocenters. The lowest BCUT2D eigenvalue weighted by atomic mass is 10.2. The van der Waals surface area contributed by atoms with E-state index in [2.05, 4.69) is 0 Å². The first kappa shape index (κ1) is 14.1. The zero-order valence-electron chi connectivity index (χ0n) is 10.3.